The molecular formula is C16H17N5O2. The van der Waals surface area contributed by atoms with E-state index in [0.29, 0.717) is 23.1 Å². The highest BCUT2D eigenvalue weighted by atomic mass is 16.2. The summed E-state index contributed by atoms with van der Waals surface area (Å²) in [6.07, 6.45) is 7.52. The first kappa shape index (κ1) is 13.8. The molecule has 0 spiro atoms. The quantitative estimate of drug-likeness (QED) is 0.752. The van der Waals surface area contributed by atoms with Crippen molar-refractivity contribution in [2.45, 2.75) is 18.9 Å². The molecule has 0 aliphatic carbocycles. The van der Waals surface area contributed by atoms with Gasteiger partial charge in [-0.05, 0) is 31.0 Å². The van der Waals surface area contributed by atoms with Gasteiger partial charge in [0.2, 0.25) is 0 Å². The number of carbonyl (C=O) groups excluding carboxylic acids is 1. The summed E-state index contributed by atoms with van der Waals surface area (Å²) in [5.41, 5.74) is 1.70. The Hall–Kier alpha value is -2.83. The Balaban J connectivity index is 1.58. The maximum Gasteiger partial charge on any atom is 0.323 e. The van der Waals surface area contributed by atoms with Crippen molar-refractivity contribution in [2.75, 3.05) is 13.1 Å². The molecule has 2 N–H and O–H groups in total. The van der Waals surface area contributed by atoms with Crippen molar-refractivity contribution in [1.29, 1.82) is 0 Å². The molecule has 4 rings (SSSR count). The van der Waals surface area contributed by atoms with Crippen LogP contribution in [0.15, 0.2) is 41.7 Å². The number of hydrogen-bond acceptors (Lipinski definition) is 3. The van der Waals surface area contributed by atoms with E-state index >= 15 is 0 Å². The van der Waals surface area contributed by atoms with Crippen molar-refractivity contribution in [3.05, 3.63) is 53.0 Å². The maximum atomic E-state index is 12.8. The van der Waals surface area contributed by atoms with Crippen molar-refractivity contribution < 1.29 is 4.79 Å². The highest BCUT2D eigenvalue weighted by Gasteiger charge is 2.25. The van der Waals surface area contributed by atoms with Gasteiger partial charge in [0, 0.05) is 31.0 Å². The first-order valence-corrected chi connectivity index (χ1v) is 7.69. The van der Waals surface area contributed by atoms with Gasteiger partial charge in [0.05, 0.1) is 23.4 Å². The van der Waals surface area contributed by atoms with Crippen molar-refractivity contribution >= 4 is 16.9 Å². The molecular weight excluding hydrogens is 294 g/mol. The molecule has 1 aliphatic heterocycles. The third-order valence-corrected chi connectivity index (χ3v) is 4.39. The van der Waals surface area contributed by atoms with Gasteiger partial charge in [-0.2, -0.15) is 0 Å². The number of benzene rings is 1. The van der Waals surface area contributed by atoms with Crippen molar-refractivity contribution in [3.8, 4) is 0 Å². The second-order valence-corrected chi connectivity index (χ2v) is 5.90. The largest absolute Gasteiger partial charge is 0.337 e. The van der Waals surface area contributed by atoms with Crippen molar-refractivity contribution in [1.82, 2.24) is 24.4 Å². The van der Waals surface area contributed by atoms with Gasteiger partial charge in [-0.25, -0.2) is 9.78 Å². The van der Waals surface area contributed by atoms with Crippen molar-refractivity contribution in [3.63, 3.8) is 0 Å². The number of aromatic amines is 2. The number of nitrogens with zero attached hydrogens (tertiary/aromatic N) is 3. The van der Waals surface area contributed by atoms with Gasteiger partial charge in [0.15, 0.2) is 0 Å². The summed E-state index contributed by atoms with van der Waals surface area (Å²) in [5, 5.41) is 0. The molecule has 23 heavy (non-hydrogen) atoms. The van der Waals surface area contributed by atoms with E-state index in [9.17, 15) is 9.59 Å². The molecule has 0 radical (unpaired) electrons. The zero-order chi connectivity index (χ0) is 15.8. The van der Waals surface area contributed by atoms with Crippen LogP contribution >= 0.6 is 0 Å². The SMILES string of the molecule is O=C(c1ccc2[nH]c(=O)[nH]c2c1)N1CCCC(n2ccnc2)C1. The summed E-state index contributed by atoms with van der Waals surface area (Å²) in [5.74, 6) is -0.00114. The number of likely N-dealkylation sites (tertiary alicyclic amines) is 1. The number of hydrogen-bond donors (Lipinski definition) is 2. The van der Waals surface area contributed by atoms with E-state index in [0.717, 1.165) is 19.4 Å². The normalized spacial score (nSPS) is 18.4. The number of imidazole rings is 2. The van der Waals surface area contributed by atoms with Gasteiger partial charge in [0.1, 0.15) is 0 Å². The average molecular weight is 311 g/mol. The first-order chi connectivity index (χ1) is 11.2. The molecule has 1 aromatic carbocycles. The van der Waals surface area contributed by atoms with Crippen molar-refractivity contribution in [2.24, 2.45) is 0 Å². The van der Waals surface area contributed by atoms with Gasteiger partial charge in [0.25, 0.3) is 5.91 Å². The van der Waals surface area contributed by atoms with Gasteiger partial charge in [-0.3, -0.25) is 4.79 Å². The lowest BCUT2D eigenvalue weighted by molar-refractivity contribution is 0.0679. The fourth-order valence-corrected chi connectivity index (χ4v) is 3.22. The number of piperidine rings is 1. The minimum atomic E-state index is -0.261. The van der Waals surface area contributed by atoms with Gasteiger partial charge >= 0.3 is 5.69 Å². The predicted octanol–water partition coefficient (Wildman–Crippen LogP) is 1.53. The molecule has 0 saturated carbocycles. The van der Waals surface area contributed by atoms with Crippen LogP contribution in [0.25, 0.3) is 11.0 Å². The van der Waals surface area contributed by atoms with Crippen LogP contribution in [0.1, 0.15) is 29.2 Å². The van der Waals surface area contributed by atoms with Crippen LogP contribution in [0.4, 0.5) is 0 Å². The number of fused-ring (bicyclic) bond motifs is 1. The molecule has 3 heterocycles. The number of aromatic nitrogens is 4. The highest BCUT2D eigenvalue weighted by Crippen LogP contribution is 2.23. The standard InChI is InChI=1S/C16H17N5O2/c22-15(11-3-4-13-14(8-11)19-16(23)18-13)20-6-1-2-12(9-20)21-7-5-17-10-21/h3-5,7-8,10,12H,1-2,6,9H2,(H2,18,19,23). The highest BCUT2D eigenvalue weighted by molar-refractivity contribution is 5.97. The zero-order valence-corrected chi connectivity index (χ0v) is 12.5. The third kappa shape index (κ3) is 2.54. The van der Waals surface area contributed by atoms with Crippen LogP contribution in [-0.4, -0.2) is 43.4 Å². The minimum Gasteiger partial charge on any atom is -0.337 e. The Morgan fingerprint density at radius 3 is 2.96 bits per heavy atom. The van der Waals surface area contributed by atoms with E-state index in [1.54, 1.807) is 30.7 Å². The molecule has 118 valence electrons. The molecule has 2 aromatic heterocycles. The maximum absolute atomic E-state index is 12.8. The lowest BCUT2D eigenvalue weighted by Crippen LogP contribution is -2.40. The van der Waals surface area contributed by atoms with Crippen LogP contribution in [0.3, 0.4) is 0 Å². The average Bonchev–Trinajstić information content (AvgIpc) is 3.22. The molecule has 1 aliphatic rings. The van der Waals surface area contributed by atoms with Crippen LogP contribution in [-0.2, 0) is 0 Å². The summed E-state index contributed by atoms with van der Waals surface area (Å²) >= 11 is 0. The molecule has 0 bridgehead atoms. The number of rotatable bonds is 2. The minimum absolute atomic E-state index is 0.00114. The first-order valence-electron chi connectivity index (χ1n) is 7.69. The summed E-state index contributed by atoms with van der Waals surface area (Å²) < 4.78 is 2.06. The van der Waals surface area contributed by atoms with Crippen LogP contribution in [0.5, 0.6) is 0 Å². The Bertz CT molecular complexity index is 893. The fraction of sp³-hybridized carbons (Fsp3) is 0.312. The molecule has 1 atom stereocenters. The second-order valence-electron chi connectivity index (χ2n) is 5.90. The number of H-pyrrole nitrogens is 2. The molecule has 1 unspecified atom stereocenters. The third-order valence-electron chi connectivity index (χ3n) is 4.39. The smallest absolute Gasteiger partial charge is 0.323 e. The van der Waals surface area contributed by atoms with Gasteiger partial charge in [-0.15, -0.1) is 0 Å². The van der Waals surface area contributed by atoms with E-state index < -0.39 is 0 Å². The Morgan fingerprint density at radius 2 is 2.13 bits per heavy atom. The monoisotopic (exact) mass is 311 g/mol. The van der Waals surface area contributed by atoms with E-state index in [2.05, 4.69) is 19.5 Å². The molecule has 1 saturated heterocycles. The van der Waals surface area contributed by atoms with Gasteiger partial charge in [-0.1, -0.05) is 0 Å². The Kier molecular flexibility index (Phi) is 3.25. The number of nitrogens with one attached hydrogen (secondary N) is 2. The van der Waals surface area contributed by atoms with E-state index in [-0.39, 0.29) is 17.6 Å². The van der Waals surface area contributed by atoms with E-state index in [1.165, 1.54) is 0 Å². The lowest BCUT2D eigenvalue weighted by Gasteiger charge is -2.33. The lowest BCUT2D eigenvalue weighted by atomic mass is 10.0. The van der Waals surface area contributed by atoms with E-state index in [4.69, 9.17) is 0 Å². The summed E-state index contributed by atoms with van der Waals surface area (Å²) in [7, 11) is 0. The summed E-state index contributed by atoms with van der Waals surface area (Å²) in [4.78, 5) is 35.4. The summed E-state index contributed by atoms with van der Waals surface area (Å²) in [6, 6.07) is 5.52. The number of amides is 1. The Morgan fingerprint density at radius 1 is 1.26 bits per heavy atom. The zero-order valence-electron chi connectivity index (χ0n) is 12.5. The van der Waals surface area contributed by atoms with Crippen LogP contribution < -0.4 is 5.69 Å². The van der Waals surface area contributed by atoms with Crippen LogP contribution in [0, 0.1) is 0 Å². The van der Waals surface area contributed by atoms with Gasteiger partial charge < -0.3 is 19.4 Å². The fourth-order valence-electron chi connectivity index (χ4n) is 3.22. The van der Waals surface area contributed by atoms with E-state index in [1.807, 2.05) is 11.1 Å². The Labute approximate surface area is 132 Å². The molecule has 7 nitrogen and oxygen atoms in total. The van der Waals surface area contributed by atoms with Crippen LogP contribution in [0.2, 0.25) is 0 Å². The number of carbonyl (C=O) groups is 1. The topological polar surface area (TPSA) is 86.8 Å². The molecule has 7 heteroatoms. The molecule has 1 fully saturated rings. The summed E-state index contributed by atoms with van der Waals surface area (Å²) in [6.45, 7) is 1.43. The second kappa shape index (κ2) is 5.42. The molecule has 3 aromatic rings. The molecule has 1 amide bonds. The predicted molar refractivity (Wildman–Crippen MR) is 85.3 cm³/mol.